The van der Waals surface area contributed by atoms with Crippen molar-refractivity contribution in [1.82, 2.24) is 9.29 Å². The first-order valence-corrected chi connectivity index (χ1v) is 11.0. The molecule has 0 radical (unpaired) electrons. The van der Waals surface area contributed by atoms with E-state index in [4.69, 9.17) is 0 Å². The molecule has 0 atom stereocenters. The van der Waals surface area contributed by atoms with Crippen LogP contribution in [0, 0.1) is 0 Å². The van der Waals surface area contributed by atoms with Crippen LogP contribution in [0.5, 0.6) is 0 Å². The first kappa shape index (κ1) is 20.3. The quantitative estimate of drug-likeness (QED) is 0.770. The van der Waals surface area contributed by atoms with Crippen LogP contribution in [0.4, 0.5) is 11.5 Å². The van der Waals surface area contributed by atoms with Crippen molar-refractivity contribution in [2.75, 3.05) is 36.4 Å². The molecule has 3 rings (SSSR count). The van der Waals surface area contributed by atoms with E-state index in [0.29, 0.717) is 24.3 Å². The number of sulfonamides is 1. The lowest BCUT2D eigenvalue weighted by molar-refractivity contribution is 0.102. The number of rotatable bonds is 7. The lowest BCUT2D eigenvalue weighted by atomic mass is 10.2. The van der Waals surface area contributed by atoms with Crippen LogP contribution in [-0.2, 0) is 10.0 Å². The Morgan fingerprint density at radius 3 is 2.25 bits per heavy atom. The van der Waals surface area contributed by atoms with Crippen molar-refractivity contribution in [2.45, 2.75) is 31.6 Å². The van der Waals surface area contributed by atoms with E-state index in [9.17, 15) is 13.2 Å². The molecule has 2 heterocycles. The van der Waals surface area contributed by atoms with Crippen LogP contribution < -0.4 is 10.2 Å². The highest BCUT2D eigenvalue weighted by molar-refractivity contribution is 7.89. The summed E-state index contributed by atoms with van der Waals surface area (Å²) in [4.78, 5) is 19.2. The van der Waals surface area contributed by atoms with Gasteiger partial charge in [0, 0.05) is 31.7 Å². The van der Waals surface area contributed by atoms with Crippen molar-refractivity contribution >= 4 is 27.4 Å². The largest absolute Gasteiger partial charge is 0.357 e. The number of hydrogen-bond donors (Lipinski definition) is 1. The van der Waals surface area contributed by atoms with Crippen LogP contribution in [0.25, 0.3) is 0 Å². The van der Waals surface area contributed by atoms with E-state index in [0.717, 1.165) is 31.7 Å². The summed E-state index contributed by atoms with van der Waals surface area (Å²) in [5.74, 6) is 0.557. The molecule has 150 valence electrons. The van der Waals surface area contributed by atoms with Crippen molar-refractivity contribution in [2.24, 2.45) is 0 Å². The number of benzene rings is 1. The maximum absolute atomic E-state index is 12.6. The first-order valence-electron chi connectivity index (χ1n) is 9.58. The number of nitrogens with one attached hydrogen (secondary N) is 1. The highest BCUT2D eigenvalue weighted by Gasteiger charge is 2.27. The third-order valence-electron chi connectivity index (χ3n) is 4.91. The fourth-order valence-electron chi connectivity index (χ4n) is 3.25. The molecule has 28 heavy (non-hydrogen) atoms. The Morgan fingerprint density at radius 2 is 1.71 bits per heavy atom. The van der Waals surface area contributed by atoms with Crippen molar-refractivity contribution in [3.05, 3.63) is 48.2 Å². The number of hydrogen-bond acceptors (Lipinski definition) is 5. The SMILES string of the molecule is CCN(CC)c1ccc(NC(=O)c2ccc(S(=O)(=O)N3CCCC3)cc2)cn1. The van der Waals surface area contributed by atoms with E-state index in [1.165, 1.54) is 28.6 Å². The van der Waals surface area contributed by atoms with Gasteiger partial charge in [-0.15, -0.1) is 0 Å². The van der Waals surface area contributed by atoms with Gasteiger partial charge < -0.3 is 10.2 Å². The van der Waals surface area contributed by atoms with E-state index >= 15 is 0 Å². The van der Waals surface area contributed by atoms with Crippen LogP contribution in [0.2, 0.25) is 0 Å². The zero-order valence-corrected chi connectivity index (χ0v) is 17.1. The molecule has 2 aromatic rings. The zero-order chi connectivity index (χ0) is 20.1. The summed E-state index contributed by atoms with van der Waals surface area (Å²) in [5, 5.41) is 2.79. The number of pyridine rings is 1. The van der Waals surface area contributed by atoms with Crippen molar-refractivity contribution < 1.29 is 13.2 Å². The minimum Gasteiger partial charge on any atom is -0.357 e. The Morgan fingerprint density at radius 1 is 1.07 bits per heavy atom. The second kappa shape index (κ2) is 8.70. The summed E-state index contributed by atoms with van der Waals surface area (Å²) in [5.41, 5.74) is 0.989. The molecule has 1 aromatic heterocycles. The molecule has 0 bridgehead atoms. The van der Waals surface area contributed by atoms with Crippen LogP contribution in [0.1, 0.15) is 37.0 Å². The molecule has 1 saturated heterocycles. The maximum atomic E-state index is 12.6. The van der Waals surface area contributed by atoms with Gasteiger partial charge in [0.2, 0.25) is 10.0 Å². The van der Waals surface area contributed by atoms with Crippen LogP contribution in [-0.4, -0.2) is 49.8 Å². The number of nitrogens with zero attached hydrogens (tertiary/aromatic N) is 3. The molecule has 1 fully saturated rings. The Kier molecular flexibility index (Phi) is 6.31. The van der Waals surface area contributed by atoms with Crippen molar-refractivity contribution in [3.63, 3.8) is 0 Å². The van der Waals surface area contributed by atoms with Gasteiger partial charge in [-0.2, -0.15) is 4.31 Å². The second-order valence-electron chi connectivity index (χ2n) is 6.67. The highest BCUT2D eigenvalue weighted by Crippen LogP contribution is 2.21. The van der Waals surface area contributed by atoms with E-state index in [1.807, 2.05) is 12.1 Å². The average Bonchev–Trinajstić information content (AvgIpc) is 3.26. The average molecular weight is 403 g/mol. The Labute approximate surface area is 166 Å². The minimum atomic E-state index is -3.47. The molecule has 1 N–H and O–H groups in total. The number of aromatic nitrogens is 1. The highest BCUT2D eigenvalue weighted by atomic mass is 32.2. The zero-order valence-electron chi connectivity index (χ0n) is 16.3. The van der Waals surface area contributed by atoms with E-state index < -0.39 is 10.0 Å². The van der Waals surface area contributed by atoms with Crippen LogP contribution >= 0.6 is 0 Å². The van der Waals surface area contributed by atoms with Gasteiger partial charge in [0.1, 0.15) is 5.82 Å². The molecule has 1 aliphatic heterocycles. The van der Waals surface area contributed by atoms with Gasteiger partial charge in [0.25, 0.3) is 5.91 Å². The summed E-state index contributed by atoms with van der Waals surface area (Å²) in [6.45, 7) is 6.97. The molecule has 0 spiro atoms. The second-order valence-corrected chi connectivity index (χ2v) is 8.60. The van der Waals surface area contributed by atoms with Gasteiger partial charge in [-0.3, -0.25) is 4.79 Å². The van der Waals surface area contributed by atoms with Crippen LogP contribution in [0.15, 0.2) is 47.5 Å². The molecule has 1 aliphatic rings. The molecule has 7 nitrogen and oxygen atoms in total. The van der Waals surface area contributed by atoms with Gasteiger partial charge >= 0.3 is 0 Å². The maximum Gasteiger partial charge on any atom is 0.255 e. The number of carbonyl (C=O) groups excluding carboxylic acids is 1. The topological polar surface area (TPSA) is 82.6 Å². The molecule has 0 unspecified atom stereocenters. The fourth-order valence-corrected chi connectivity index (χ4v) is 4.77. The molecule has 8 heteroatoms. The lowest BCUT2D eigenvalue weighted by Crippen LogP contribution is -2.27. The monoisotopic (exact) mass is 402 g/mol. The van der Waals surface area contributed by atoms with E-state index in [2.05, 4.69) is 29.0 Å². The molecule has 0 saturated carbocycles. The Balaban J connectivity index is 1.68. The molecule has 1 amide bonds. The van der Waals surface area contributed by atoms with Gasteiger partial charge in [0.05, 0.1) is 16.8 Å². The summed E-state index contributed by atoms with van der Waals surface area (Å²) >= 11 is 0. The van der Waals surface area contributed by atoms with E-state index in [1.54, 1.807) is 6.20 Å². The normalized spacial score (nSPS) is 14.8. The molecule has 0 aliphatic carbocycles. The summed E-state index contributed by atoms with van der Waals surface area (Å²) in [6.07, 6.45) is 3.40. The van der Waals surface area contributed by atoms with E-state index in [-0.39, 0.29) is 10.8 Å². The molecule has 1 aromatic carbocycles. The van der Waals surface area contributed by atoms with Gasteiger partial charge in [-0.05, 0) is 63.1 Å². The fraction of sp³-hybridized carbons (Fsp3) is 0.400. The standard InChI is InChI=1S/C20H26N4O3S/c1-3-23(4-2)19-12-9-17(15-21-19)22-20(25)16-7-10-18(11-8-16)28(26,27)24-13-5-6-14-24/h7-12,15H,3-6,13-14H2,1-2H3,(H,22,25). The predicted octanol–water partition coefficient (Wildman–Crippen LogP) is 2.96. The van der Waals surface area contributed by atoms with Crippen LogP contribution in [0.3, 0.4) is 0 Å². The van der Waals surface area contributed by atoms with Gasteiger partial charge in [0.15, 0.2) is 0 Å². The number of anilines is 2. The minimum absolute atomic E-state index is 0.219. The third-order valence-corrected chi connectivity index (χ3v) is 6.83. The Bertz CT molecular complexity index is 901. The smallest absolute Gasteiger partial charge is 0.255 e. The molecular formula is C20H26N4O3S. The third kappa shape index (κ3) is 4.34. The van der Waals surface area contributed by atoms with Gasteiger partial charge in [-0.25, -0.2) is 13.4 Å². The molecular weight excluding hydrogens is 376 g/mol. The summed E-state index contributed by atoms with van der Waals surface area (Å²) in [7, 11) is -3.47. The predicted molar refractivity (Wildman–Crippen MR) is 110 cm³/mol. The van der Waals surface area contributed by atoms with Crippen molar-refractivity contribution in [3.8, 4) is 0 Å². The Hall–Kier alpha value is -2.45. The number of carbonyl (C=O) groups is 1. The summed E-state index contributed by atoms with van der Waals surface area (Å²) < 4.78 is 26.6. The lowest BCUT2D eigenvalue weighted by Gasteiger charge is -2.19. The van der Waals surface area contributed by atoms with Gasteiger partial charge in [-0.1, -0.05) is 0 Å². The number of amides is 1. The van der Waals surface area contributed by atoms with Crippen molar-refractivity contribution in [1.29, 1.82) is 0 Å². The first-order chi connectivity index (χ1) is 13.5. The summed E-state index contributed by atoms with van der Waals surface area (Å²) in [6, 6.07) is 9.74.